The number of aromatic nitrogens is 2. The molecule has 1 heterocycles. The van der Waals surface area contributed by atoms with Crippen molar-refractivity contribution in [3.05, 3.63) is 58.4 Å². The molecule has 0 aliphatic carbocycles. The average Bonchev–Trinajstić information content (AvgIpc) is 2.38. The third-order valence-electron chi connectivity index (χ3n) is 2.93. The van der Waals surface area contributed by atoms with Crippen molar-refractivity contribution in [3.8, 4) is 0 Å². The summed E-state index contributed by atoms with van der Waals surface area (Å²) >= 11 is 0. The van der Waals surface area contributed by atoms with Gasteiger partial charge in [-0.05, 0) is 31.5 Å². The third kappa shape index (κ3) is 2.61. The lowest BCUT2D eigenvalue weighted by Crippen LogP contribution is -2.11. The van der Waals surface area contributed by atoms with Gasteiger partial charge in [0.05, 0.1) is 17.0 Å². The Morgan fingerprint density at radius 1 is 1.21 bits per heavy atom. The normalized spacial score (nSPS) is 12.5. The van der Waals surface area contributed by atoms with E-state index in [9.17, 15) is 13.9 Å². The largest absolute Gasteiger partial charge is 0.383 e. The molecular formula is C14H14F2N2O. The van der Waals surface area contributed by atoms with Gasteiger partial charge in [-0.25, -0.2) is 8.78 Å². The fraction of sp³-hybridized carbons (Fsp3) is 0.286. The number of aliphatic hydroxyl groups is 1. The average molecular weight is 264 g/mol. The maximum absolute atomic E-state index is 13.7. The van der Waals surface area contributed by atoms with Crippen molar-refractivity contribution in [3.63, 3.8) is 0 Å². The second kappa shape index (κ2) is 5.40. The zero-order chi connectivity index (χ0) is 14.0. The summed E-state index contributed by atoms with van der Waals surface area (Å²) in [6, 6.07) is 5.10. The van der Waals surface area contributed by atoms with Crippen LogP contribution >= 0.6 is 0 Å². The van der Waals surface area contributed by atoms with Crippen LogP contribution in [0.15, 0.2) is 24.3 Å². The number of aliphatic hydroxyl groups excluding tert-OH is 1. The quantitative estimate of drug-likeness (QED) is 0.927. The summed E-state index contributed by atoms with van der Waals surface area (Å²) in [5.74, 6) is -1.55. The Kier molecular flexibility index (Phi) is 3.85. The Morgan fingerprint density at radius 3 is 2.42 bits per heavy atom. The monoisotopic (exact) mass is 264 g/mol. The van der Waals surface area contributed by atoms with Crippen molar-refractivity contribution >= 4 is 0 Å². The first kappa shape index (κ1) is 13.5. The zero-order valence-corrected chi connectivity index (χ0v) is 10.7. The summed E-state index contributed by atoms with van der Waals surface area (Å²) in [7, 11) is 0. The van der Waals surface area contributed by atoms with Gasteiger partial charge in [-0.1, -0.05) is 13.0 Å². The van der Waals surface area contributed by atoms with Gasteiger partial charge in [0.15, 0.2) is 0 Å². The van der Waals surface area contributed by atoms with E-state index >= 15 is 0 Å². The zero-order valence-electron chi connectivity index (χ0n) is 10.7. The van der Waals surface area contributed by atoms with E-state index in [1.165, 1.54) is 6.07 Å². The maximum atomic E-state index is 13.7. The van der Waals surface area contributed by atoms with Crippen LogP contribution in [0.5, 0.6) is 0 Å². The summed E-state index contributed by atoms with van der Waals surface area (Å²) in [4.78, 5) is 0. The van der Waals surface area contributed by atoms with Crippen LogP contribution < -0.4 is 0 Å². The van der Waals surface area contributed by atoms with Gasteiger partial charge < -0.3 is 5.11 Å². The first-order valence-electron chi connectivity index (χ1n) is 5.99. The summed E-state index contributed by atoms with van der Waals surface area (Å²) in [6.45, 7) is 3.55. The topological polar surface area (TPSA) is 46.0 Å². The number of benzene rings is 1. The van der Waals surface area contributed by atoms with Crippen molar-refractivity contribution < 1.29 is 13.9 Å². The second-order valence-electron chi connectivity index (χ2n) is 4.28. The van der Waals surface area contributed by atoms with E-state index < -0.39 is 17.7 Å². The molecule has 1 N–H and O–H groups in total. The SMILES string of the molecule is CCc1nnc(C)cc1C(O)c1c(F)cccc1F. The molecule has 0 radical (unpaired) electrons. The summed E-state index contributed by atoms with van der Waals surface area (Å²) in [5, 5.41) is 18.1. The van der Waals surface area contributed by atoms with Gasteiger partial charge in [0.1, 0.15) is 17.7 Å². The van der Waals surface area contributed by atoms with E-state index in [1.54, 1.807) is 13.0 Å². The molecule has 0 saturated heterocycles. The molecule has 1 unspecified atom stereocenters. The van der Waals surface area contributed by atoms with E-state index in [1.807, 2.05) is 6.92 Å². The second-order valence-corrected chi connectivity index (χ2v) is 4.28. The molecule has 0 fully saturated rings. The van der Waals surface area contributed by atoms with Crippen molar-refractivity contribution in [2.24, 2.45) is 0 Å². The highest BCUT2D eigenvalue weighted by molar-refractivity contribution is 5.34. The third-order valence-corrected chi connectivity index (χ3v) is 2.93. The summed E-state index contributed by atoms with van der Waals surface area (Å²) in [6.07, 6.45) is -0.860. The van der Waals surface area contributed by atoms with Crippen molar-refractivity contribution in [1.29, 1.82) is 0 Å². The molecule has 0 aliphatic heterocycles. The predicted octanol–water partition coefficient (Wildman–Crippen LogP) is 2.71. The van der Waals surface area contributed by atoms with Gasteiger partial charge in [0.2, 0.25) is 0 Å². The van der Waals surface area contributed by atoms with E-state index in [2.05, 4.69) is 10.2 Å². The van der Waals surface area contributed by atoms with Crippen LogP contribution in [-0.4, -0.2) is 15.3 Å². The lowest BCUT2D eigenvalue weighted by molar-refractivity contribution is 0.207. The molecule has 3 nitrogen and oxygen atoms in total. The van der Waals surface area contributed by atoms with E-state index in [0.29, 0.717) is 23.4 Å². The highest BCUT2D eigenvalue weighted by Crippen LogP contribution is 2.28. The molecule has 0 saturated carbocycles. The molecule has 0 bridgehead atoms. The Morgan fingerprint density at radius 2 is 1.84 bits per heavy atom. The Hall–Kier alpha value is -1.88. The minimum absolute atomic E-state index is 0.357. The molecule has 100 valence electrons. The fourth-order valence-electron chi connectivity index (χ4n) is 1.97. The molecular weight excluding hydrogens is 250 g/mol. The first-order chi connectivity index (χ1) is 9.04. The lowest BCUT2D eigenvalue weighted by Gasteiger charge is -2.16. The Balaban J connectivity index is 2.55. The molecule has 0 aliphatic rings. The highest BCUT2D eigenvalue weighted by atomic mass is 19.1. The number of hydrogen-bond donors (Lipinski definition) is 1. The minimum atomic E-state index is -1.38. The molecule has 1 atom stereocenters. The van der Waals surface area contributed by atoms with Crippen LogP contribution in [-0.2, 0) is 6.42 Å². The molecule has 1 aromatic heterocycles. The fourth-order valence-corrected chi connectivity index (χ4v) is 1.97. The molecule has 2 rings (SSSR count). The van der Waals surface area contributed by atoms with Gasteiger partial charge in [-0.15, -0.1) is 0 Å². The molecule has 1 aromatic carbocycles. The summed E-state index contributed by atoms with van der Waals surface area (Å²) in [5.41, 5.74) is 1.15. The molecule has 0 spiro atoms. The van der Waals surface area contributed by atoms with E-state index in [0.717, 1.165) is 12.1 Å². The van der Waals surface area contributed by atoms with E-state index in [-0.39, 0.29) is 5.56 Å². The van der Waals surface area contributed by atoms with E-state index in [4.69, 9.17) is 0 Å². The van der Waals surface area contributed by atoms with Crippen LogP contribution in [0.3, 0.4) is 0 Å². The van der Waals surface area contributed by atoms with Gasteiger partial charge >= 0.3 is 0 Å². The molecule has 0 amide bonds. The van der Waals surface area contributed by atoms with Gasteiger partial charge in [0, 0.05) is 5.56 Å². The van der Waals surface area contributed by atoms with Crippen LogP contribution in [0.1, 0.15) is 35.5 Å². The number of nitrogens with zero attached hydrogens (tertiary/aromatic N) is 2. The number of hydrogen-bond acceptors (Lipinski definition) is 3. The number of halogens is 2. The number of rotatable bonds is 3. The lowest BCUT2D eigenvalue weighted by atomic mass is 9.98. The smallest absolute Gasteiger partial charge is 0.132 e. The van der Waals surface area contributed by atoms with Gasteiger partial charge in [-0.2, -0.15) is 10.2 Å². The molecule has 2 aromatic rings. The minimum Gasteiger partial charge on any atom is -0.383 e. The molecule has 5 heteroatoms. The first-order valence-corrected chi connectivity index (χ1v) is 5.99. The predicted molar refractivity (Wildman–Crippen MR) is 66.6 cm³/mol. The van der Waals surface area contributed by atoms with Crippen LogP contribution in [0.2, 0.25) is 0 Å². The van der Waals surface area contributed by atoms with Crippen LogP contribution in [0.25, 0.3) is 0 Å². The van der Waals surface area contributed by atoms with Gasteiger partial charge in [0.25, 0.3) is 0 Å². The highest BCUT2D eigenvalue weighted by Gasteiger charge is 2.22. The van der Waals surface area contributed by atoms with Crippen molar-refractivity contribution in [2.75, 3.05) is 0 Å². The molecule has 19 heavy (non-hydrogen) atoms. The number of aryl methyl sites for hydroxylation is 2. The van der Waals surface area contributed by atoms with Gasteiger partial charge in [-0.3, -0.25) is 0 Å². The van der Waals surface area contributed by atoms with Crippen LogP contribution in [0, 0.1) is 18.6 Å². The summed E-state index contributed by atoms with van der Waals surface area (Å²) < 4.78 is 27.4. The van der Waals surface area contributed by atoms with Crippen LogP contribution in [0.4, 0.5) is 8.78 Å². The maximum Gasteiger partial charge on any atom is 0.132 e. The Labute approximate surface area is 109 Å². The van der Waals surface area contributed by atoms with Crippen molar-refractivity contribution in [1.82, 2.24) is 10.2 Å². The Bertz CT molecular complexity index is 582. The standard InChI is InChI=1S/C14H14F2N2O/c1-3-12-9(7-8(2)17-18-12)14(19)13-10(15)5-4-6-11(13)16/h4-7,14,19H,3H2,1-2H3. The van der Waals surface area contributed by atoms with Crippen molar-refractivity contribution in [2.45, 2.75) is 26.4 Å².